The van der Waals surface area contributed by atoms with Crippen molar-refractivity contribution in [1.29, 1.82) is 0 Å². The lowest BCUT2D eigenvalue weighted by molar-refractivity contribution is -0.123. The van der Waals surface area contributed by atoms with Crippen molar-refractivity contribution in [2.24, 2.45) is 5.10 Å². The van der Waals surface area contributed by atoms with E-state index in [9.17, 15) is 4.79 Å². The maximum atomic E-state index is 11.7. The van der Waals surface area contributed by atoms with Crippen LogP contribution in [-0.2, 0) is 4.79 Å². The number of benzene rings is 1. The third-order valence-electron chi connectivity index (χ3n) is 3.84. The molecule has 1 aliphatic rings. The largest absolute Gasteiger partial charge is 0.497 e. The molecule has 1 aliphatic heterocycles. The molecule has 0 spiro atoms. The van der Waals surface area contributed by atoms with E-state index in [1.165, 1.54) is 19.1 Å². The van der Waals surface area contributed by atoms with E-state index < -0.39 is 0 Å². The summed E-state index contributed by atoms with van der Waals surface area (Å²) in [7, 11) is 1.59. The molecule has 1 amide bonds. The normalized spacial score (nSPS) is 14.0. The molecule has 0 unspecified atom stereocenters. The summed E-state index contributed by atoms with van der Waals surface area (Å²) >= 11 is 0. The molecule has 2 heterocycles. The van der Waals surface area contributed by atoms with E-state index in [0.717, 1.165) is 24.7 Å². The number of hydrogen-bond donors (Lipinski definition) is 1. The zero-order chi connectivity index (χ0) is 17.5. The highest BCUT2D eigenvalue weighted by Crippen LogP contribution is 2.22. The third-order valence-corrected chi connectivity index (χ3v) is 3.84. The Bertz CT molecular complexity index is 718. The van der Waals surface area contributed by atoms with Crippen LogP contribution in [0.1, 0.15) is 18.6 Å². The Morgan fingerprint density at radius 1 is 1.20 bits per heavy atom. The molecule has 0 bridgehead atoms. The smallest absolute Gasteiger partial charge is 0.277 e. The minimum absolute atomic E-state index is 0.124. The summed E-state index contributed by atoms with van der Waals surface area (Å²) in [5, 5.41) is 3.88. The van der Waals surface area contributed by atoms with Gasteiger partial charge in [0.1, 0.15) is 17.3 Å². The van der Waals surface area contributed by atoms with Crippen LogP contribution in [0.4, 0.5) is 5.88 Å². The van der Waals surface area contributed by atoms with E-state index in [-0.39, 0.29) is 12.5 Å². The van der Waals surface area contributed by atoms with Gasteiger partial charge in [-0.25, -0.2) is 5.43 Å². The van der Waals surface area contributed by atoms with Crippen LogP contribution >= 0.6 is 0 Å². The zero-order valence-electron chi connectivity index (χ0n) is 14.1. The number of rotatable bonds is 7. The van der Waals surface area contributed by atoms with E-state index >= 15 is 0 Å². The van der Waals surface area contributed by atoms with Crippen LogP contribution < -0.4 is 19.8 Å². The molecule has 0 saturated carbocycles. The number of methoxy groups -OCH3 is 1. The molecule has 3 rings (SSSR count). The number of amides is 1. The van der Waals surface area contributed by atoms with Crippen LogP contribution in [0.5, 0.6) is 11.5 Å². The number of furan rings is 1. The van der Waals surface area contributed by atoms with Crippen LogP contribution in [0.15, 0.2) is 45.9 Å². The topological polar surface area (TPSA) is 76.3 Å². The molecule has 1 aromatic heterocycles. The van der Waals surface area contributed by atoms with Gasteiger partial charge < -0.3 is 18.8 Å². The minimum atomic E-state index is -0.349. The summed E-state index contributed by atoms with van der Waals surface area (Å²) in [5.41, 5.74) is 2.41. The third kappa shape index (κ3) is 4.76. The molecule has 0 aliphatic carbocycles. The maximum absolute atomic E-state index is 11.7. The van der Waals surface area contributed by atoms with Gasteiger partial charge in [0.2, 0.25) is 0 Å². The SMILES string of the molecule is COc1ccc(OCC(=O)N/N=C/c2ccc(N3CCCC3)o2)cc1. The number of carbonyl (C=O) groups is 1. The van der Waals surface area contributed by atoms with Crippen molar-refractivity contribution in [1.82, 2.24) is 5.43 Å². The second kappa shape index (κ2) is 8.23. The molecule has 7 heteroatoms. The lowest BCUT2D eigenvalue weighted by Crippen LogP contribution is -2.24. The molecule has 0 atom stereocenters. The Morgan fingerprint density at radius 2 is 1.92 bits per heavy atom. The summed E-state index contributed by atoms with van der Waals surface area (Å²) in [5.74, 6) is 2.40. The van der Waals surface area contributed by atoms with Gasteiger partial charge in [0, 0.05) is 19.2 Å². The van der Waals surface area contributed by atoms with E-state index in [4.69, 9.17) is 13.9 Å². The van der Waals surface area contributed by atoms with Gasteiger partial charge in [-0.3, -0.25) is 4.79 Å². The maximum Gasteiger partial charge on any atom is 0.277 e. The van der Waals surface area contributed by atoms with Crippen molar-refractivity contribution in [3.63, 3.8) is 0 Å². The Hall–Kier alpha value is -2.96. The average Bonchev–Trinajstić information content (AvgIpc) is 3.32. The van der Waals surface area contributed by atoms with Crippen LogP contribution in [0.2, 0.25) is 0 Å². The monoisotopic (exact) mass is 343 g/mol. The lowest BCUT2D eigenvalue weighted by Gasteiger charge is -2.12. The summed E-state index contributed by atoms with van der Waals surface area (Å²) in [6, 6.07) is 10.7. The van der Waals surface area contributed by atoms with Crippen LogP contribution in [0.3, 0.4) is 0 Å². The Labute approximate surface area is 146 Å². The first kappa shape index (κ1) is 16.9. The molecule has 1 aromatic carbocycles. The Kier molecular flexibility index (Phi) is 5.56. The molecule has 1 saturated heterocycles. The number of anilines is 1. The van der Waals surface area contributed by atoms with Crippen LogP contribution in [-0.4, -0.2) is 38.9 Å². The van der Waals surface area contributed by atoms with E-state index in [0.29, 0.717) is 11.5 Å². The molecule has 7 nitrogen and oxygen atoms in total. The first-order valence-corrected chi connectivity index (χ1v) is 8.18. The van der Waals surface area contributed by atoms with Crippen molar-refractivity contribution in [3.8, 4) is 11.5 Å². The second-order valence-corrected chi connectivity index (χ2v) is 5.63. The fourth-order valence-electron chi connectivity index (χ4n) is 2.54. The number of hydrazone groups is 1. The van der Waals surface area contributed by atoms with Gasteiger partial charge in [-0.1, -0.05) is 0 Å². The van der Waals surface area contributed by atoms with Crippen molar-refractivity contribution in [3.05, 3.63) is 42.2 Å². The van der Waals surface area contributed by atoms with Gasteiger partial charge in [-0.2, -0.15) is 5.10 Å². The number of ether oxygens (including phenoxy) is 2. The first-order chi connectivity index (χ1) is 12.2. The fourth-order valence-corrected chi connectivity index (χ4v) is 2.54. The van der Waals surface area contributed by atoms with Crippen molar-refractivity contribution in [2.45, 2.75) is 12.8 Å². The van der Waals surface area contributed by atoms with Gasteiger partial charge in [-0.15, -0.1) is 0 Å². The molecule has 132 valence electrons. The Morgan fingerprint density at radius 3 is 2.64 bits per heavy atom. The lowest BCUT2D eigenvalue weighted by atomic mass is 10.3. The van der Waals surface area contributed by atoms with Crippen molar-refractivity contribution < 1.29 is 18.7 Å². The average molecular weight is 343 g/mol. The molecule has 25 heavy (non-hydrogen) atoms. The number of hydrogen-bond acceptors (Lipinski definition) is 6. The highest BCUT2D eigenvalue weighted by Gasteiger charge is 2.15. The zero-order valence-corrected chi connectivity index (χ0v) is 14.1. The number of nitrogens with zero attached hydrogens (tertiary/aromatic N) is 2. The van der Waals surface area contributed by atoms with Crippen molar-refractivity contribution >= 4 is 18.0 Å². The minimum Gasteiger partial charge on any atom is -0.497 e. The highest BCUT2D eigenvalue weighted by atomic mass is 16.5. The van der Waals surface area contributed by atoms with Gasteiger partial charge >= 0.3 is 0 Å². The number of carbonyl (C=O) groups excluding carboxylic acids is 1. The number of nitrogens with one attached hydrogen (secondary N) is 1. The van der Waals surface area contributed by atoms with Gasteiger partial charge in [-0.05, 0) is 43.2 Å². The second-order valence-electron chi connectivity index (χ2n) is 5.63. The van der Waals surface area contributed by atoms with E-state index in [1.807, 2.05) is 12.1 Å². The standard InChI is InChI=1S/C18H21N3O4/c1-23-14-4-6-15(7-5-14)24-13-17(22)20-19-12-16-8-9-18(25-16)21-10-2-3-11-21/h4-9,12H,2-3,10-11,13H2,1H3,(H,20,22)/b19-12+. The summed E-state index contributed by atoms with van der Waals surface area (Å²) in [4.78, 5) is 13.9. The molecule has 2 aromatic rings. The van der Waals surface area contributed by atoms with Gasteiger partial charge in [0.15, 0.2) is 12.5 Å². The van der Waals surface area contributed by atoms with Gasteiger partial charge in [0.25, 0.3) is 5.91 Å². The van der Waals surface area contributed by atoms with Crippen molar-refractivity contribution in [2.75, 3.05) is 31.7 Å². The molecule has 0 radical (unpaired) electrons. The Balaban J connectivity index is 1.42. The summed E-state index contributed by atoms with van der Waals surface area (Å²) < 4.78 is 16.1. The predicted molar refractivity (Wildman–Crippen MR) is 94.4 cm³/mol. The molecular formula is C18H21N3O4. The van der Waals surface area contributed by atoms with Gasteiger partial charge in [0.05, 0.1) is 13.3 Å². The van der Waals surface area contributed by atoms with E-state index in [2.05, 4.69) is 15.4 Å². The predicted octanol–water partition coefficient (Wildman–Crippen LogP) is 2.42. The summed E-state index contributed by atoms with van der Waals surface area (Å²) in [6.07, 6.45) is 3.85. The molecular weight excluding hydrogens is 322 g/mol. The molecule has 1 N–H and O–H groups in total. The fraction of sp³-hybridized carbons (Fsp3) is 0.333. The quantitative estimate of drug-likeness (QED) is 0.617. The van der Waals surface area contributed by atoms with E-state index in [1.54, 1.807) is 31.4 Å². The highest BCUT2D eigenvalue weighted by molar-refractivity contribution is 5.81. The van der Waals surface area contributed by atoms with Crippen LogP contribution in [0.25, 0.3) is 0 Å². The van der Waals surface area contributed by atoms with Crippen LogP contribution in [0, 0.1) is 0 Å². The summed E-state index contributed by atoms with van der Waals surface area (Å²) in [6.45, 7) is 1.91. The molecule has 1 fully saturated rings. The first-order valence-electron chi connectivity index (χ1n) is 8.18.